The lowest BCUT2D eigenvalue weighted by atomic mass is 9.79. The summed E-state index contributed by atoms with van der Waals surface area (Å²) in [6.07, 6.45) is 7.27. The van der Waals surface area contributed by atoms with E-state index in [0.717, 1.165) is 17.5 Å². The summed E-state index contributed by atoms with van der Waals surface area (Å²) in [6, 6.07) is 8.51. The third kappa shape index (κ3) is 2.41. The van der Waals surface area contributed by atoms with Crippen LogP contribution in [0.1, 0.15) is 37.2 Å². The molecule has 0 spiro atoms. The molecule has 84 valence electrons. The molecule has 1 heteroatoms. The highest BCUT2D eigenvalue weighted by atomic mass is 14.7. The molecule has 1 fully saturated rings. The molecule has 1 aromatic rings. The Morgan fingerprint density at radius 1 is 1.06 bits per heavy atom. The van der Waals surface area contributed by atoms with Crippen LogP contribution in [0, 0.1) is 5.92 Å². The van der Waals surface area contributed by atoms with E-state index >= 15 is 0 Å². The van der Waals surface area contributed by atoms with E-state index in [2.05, 4.69) is 48.6 Å². The Morgan fingerprint density at radius 2 is 1.69 bits per heavy atom. The molecule has 16 heavy (non-hydrogen) atoms. The molecule has 0 amide bonds. The van der Waals surface area contributed by atoms with Crippen LogP contribution >= 0.6 is 0 Å². The number of hydrogen-bond donors (Lipinski definition) is 0. The molecular weight excluding hydrogens is 194 g/mol. The van der Waals surface area contributed by atoms with E-state index in [1.165, 1.54) is 31.2 Å². The van der Waals surface area contributed by atoms with Gasteiger partial charge in [0.05, 0.1) is 5.69 Å². The monoisotopic (exact) mass is 213 g/mol. The van der Waals surface area contributed by atoms with Crippen molar-refractivity contribution < 1.29 is 0 Å². The molecule has 0 heterocycles. The second-order valence-electron chi connectivity index (χ2n) is 4.60. The highest BCUT2D eigenvalue weighted by molar-refractivity contribution is 5.46. The molecule has 1 aliphatic carbocycles. The van der Waals surface area contributed by atoms with Gasteiger partial charge in [0.25, 0.3) is 0 Å². The summed E-state index contributed by atoms with van der Waals surface area (Å²) in [7, 11) is 0. The fourth-order valence-electron chi connectivity index (χ4n) is 2.54. The van der Waals surface area contributed by atoms with E-state index in [1.807, 2.05) is 0 Å². The van der Waals surface area contributed by atoms with Crippen molar-refractivity contribution in [3.8, 4) is 0 Å². The molecule has 1 aliphatic rings. The second kappa shape index (κ2) is 5.11. The molecule has 2 rings (SSSR count). The van der Waals surface area contributed by atoms with E-state index in [0.29, 0.717) is 0 Å². The van der Waals surface area contributed by atoms with E-state index in [4.69, 9.17) is 0 Å². The van der Waals surface area contributed by atoms with Crippen molar-refractivity contribution in [3.63, 3.8) is 0 Å². The van der Waals surface area contributed by atoms with Crippen LogP contribution in [0.15, 0.2) is 41.9 Å². The van der Waals surface area contributed by atoms with Gasteiger partial charge in [0.2, 0.25) is 0 Å². The molecule has 1 saturated carbocycles. The normalized spacial score (nSPS) is 25.0. The number of allylic oxidation sites excluding steroid dienone is 1. The SMILES string of the molecule is C=CC1CCC(c2ccc(N=C)cc2)CC1. The van der Waals surface area contributed by atoms with Gasteiger partial charge in [0.15, 0.2) is 0 Å². The zero-order chi connectivity index (χ0) is 11.4. The van der Waals surface area contributed by atoms with Crippen molar-refractivity contribution >= 4 is 12.4 Å². The third-order valence-electron chi connectivity index (χ3n) is 3.65. The van der Waals surface area contributed by atoms with Crippen molar-refractivity contribution in [2.75, 3.05) is 0 Å². The molecule has 0 unspecified atom stereocenters. The van der Waals surface area contributed by atoms with Gasteiger partial charge in [-0.05, 0) is 61.9 Å². The van der Waals surface area contributed by atoms with Gasteiger partial charge in [-0.25, -0.2) is 0 Å². The largest absolute Gasteiger partial charge is 0.265 e. The first-order valence-electron chi connectivity index (χ1n) is 6.02. The molecule has 0 saturated heterocycles. The van der Waals surface area contributed by atoms with Crippen LogP contribution in [0.2, 0.25) is 0 Å². The zero-order valence-corrected chi connectivity index (χ0v) is 9.73. The Kier molecular flexibility index (Phi) is 3.55. The molecule has 0 bridgehead atoms. The Hall–Kier alpha value is -1.37. The minimum atomic E-state index is 0.732. The van der Waals surface area contributed by atoms with Crippen molar-refractivity contribution in [1.29, 1.82) is 0 Å². The predicted octanol–water partition coefficient (Wildman–Crippen LogP) is 4.48. The molecule has 0 radical (unpaired) electrons. The van der Waals surface area contributed by atoms with Gasteiger partial charge < -0.3 is 0 Å². The Labute approximate surface area is 97.9 Å². The van der Waals surface area contributed by atoms with E-state index in [-0.39, 0.29) is 0 Å². The summed E-state index contributed by atoms with van der Waals surface area (Å²) in [6.45, 7) is 7.42. The summed E-state index contributed by atoms with van der Waals surface area (Å²) < 4.78 is 0. The quantitative estimate of drug-likeness (QED) is 0.518. The maximum Gasteiger partial charge on any atom is 0.0622 e. The van der Waals surface area contributed by atoms with Crippen LogP contribution in [0.5, 0.6) is 0 Å². The second-order valence-corrected chi connectivity index (χ2v) is 4.60. The van der Waals surface area contributed by atoms with E-state index in [9.17, 15) is 0 Å². The molecule has 1 nitrogen and oxygen atoms in total. The van der Waals surface area contributed by atoms with Crippen LogP contribution in [-0.2, 0) is 0 Å². The summed E-state index contributed by atoms with van der Waals surface area (Å²) in [4.78, 5) is 3.92. The van der Waals surface area contributed by atoms with Crippen molar-refractivity contribution in [2.24, 2.45) is 10.9 Å². The third-order valence-corrected chi connectivity index (χ3v) is 3.65. The van der Waals surface area contributed by atoms with Crippen LogP contribution < -0.4 is 0 Å². The minimum Gasteiger partial charge on any atom is -0.265 e. The summed E-state index contributed by atoms with van der Waals surface area (Å²) >= 11 is 0. The van der Waals surface area contributed by atoms with Gasteiger partial charge in [0.1, 0.15) is 0 Å². The van der Waals surface area contributed by atoms with Gasteiger partial charge in [-0.3, -0.25) is 4.99 Å². The van der Waals surface area contributed by atoms with Crippen molar-refractivity contribution in [3.05, 3.63) is 42.5 Å². The standard InChI is InChI=1S/C15H19N/c1-3-12-4-6-13(7-5-12)14-8-10-15(16-2)11-9-14/h3,8-13H,1-2,4-7H2. The molecule has 0 N–H and O–H groups in total. The molecule has 0 aromatic heterocycles. The highest BCUT2D eigenvalue weighted by Gasteiger charge is 2.20. The number of nitrogens with zero attached hydrogens (tertiary/aromatic N) is 1. The molecule has 0 atom stereocenters. The minimum absolute atomic E-state index is 0.732. The van der Waals surface area contributed by atoms with Crippen LogP contribution in [0.25, 0.3) is 0 Å². The first kappa shape index (κ1) is 11.1. The van der Waals surface area contributed by atoms with Crippen LogP contribution in [-0.4, -0.2) is 6.72 Å². The van der Waals surface area contributed by atoms with Gasteiger partial charge in [-0.15, -0.1) is 6.58 Å². The van der Waals surface area contributed by atoms with Gasteiger partial charge in [0, 0.05) is 0 Å². The summed E-state index contributed by atoms with van der Waals surface area (Å²) in [5, 5.41) is 0. The average molecular weight is 213 g/mol. The fourth-order valence-corrected chi connectivity index (χ4v) is 2.54. The van der Waals surface area contributed by atoms with Gasteiger partial charge in [-0.1, -0.05) is 18.2 Å². The number of aliphatic imine (C=N–C) groups is 1. The van der Waals surface area contributed by atoms with Crippen molar-refractivity contribution in [1.82, 2.24) is 0 Å². The first-order valence-corrected chi connectivity index (χ1v) is 6.02. The maximum atomic E-state index is 3.92. The molecule has 1 aromatic carbocycles. The lowest BCUT2D eigenvalue weighted by Gasteiger charge is -2.26. The molecular formula is C15H19N. The lowest BCUT2D eigenvalue weighted by Crippen LogP contribution is -2.11. The topological polar surface area (TPSA) is 12.4 Å². The predicted molar refractivity (Wildman–Crippen MR) is 70.5 cm³/mol. The summed E-state index contributed by atoms with van der Waals surface area (Å²) in [5.74, 6) is 1.47. The number of rotatable bonds is 3. The Balaban J connectivity index is 2.02. The maximum absolute atomic E-state index is 3.92. The highest BCUT2D eigenvalue weighted by Crippen LogP contribution is 2.36. The lowest BCUT2D eigenvalue weighted by molar-refractivity contribution is 0.376. The molecule has 0 aliphatic heterocycles. The average Bonchev–Trinajstić information content (AvgIpc) is 2.39. The Morgan fingerprint density at radius 3 is 2.19 bits per heavy atom. The van der Waals surface area contributed by atoms with Gasteiger partial charge in [-0.2, -0.15) is 0 Å². The first-order chi connectivity index (χ1) is 7.83. The number of hydrogen-bond acceptors (Lipinski definition) is 1. The summed E-state index contributed by atoms with van der Waals surface area (Å²) in [5.41, 5.74) is 2.42. The Bertz CT molecular complexity index is 356. The van der Waals surface area contributed by atoms with Crippen LogP contribution in [0.4, 0.5) is 5.69 Å². The van der Waals surface area contributed by atoms with E-state index in [1.54, 1.807) is 0 Å². The van der Waals surface area contributed by atoms with Gasteiger partial charge >= 0.3 is 0 Å². The van der Waals surface area contributed by atoms with E-state index < -0.39 is 0 Å². The van der Waals surface area contributed by atoms with Crippen LogP contribution in [0.3, 0.4) is 0 Å². The number of benzene rings is 1. The fraction of sp³-hybridized carbons (Fsp3) is 0.400. The zero-order valence-electron chi connectivity index (χ0n) is 9.73. The van der Waals surface area contributed by atoms with Crippen molar-refractivity contribution in [2.45, 2.75) is 31.6 Å². The smallest absolute Gasteiger partial charge is 0.0622 e.